The van der Waals surface area contributed by atoms with E-state index in [1.165, 1.54) is 0 Å². The Kier molecular flexibility index (Phi) is 3.57. The molecule has 0 spiro atoms. The van der Waals surface area contributed by atoms with Gasteiger partial charge in [-0.1, -0.05) is 39.7 Å². The van der Waals surface area contributed by atoms with Crippen molar-refractivity contribution in [2.45, 2.75) is 13.3 Å². The van der Waals surface area contributed by atoms with E-state index in [2.05, 4.69) is 15.9 Å². The summed E-state index contributed by atoms with van der Waals surface area (Å²) in [6, 6.07) is 9.13. The normalized spacial score (nSPS) is 12.9. The van der Waals surface area contributed by atoms with Gasteiger partial charge in [-0.2, -0.15) is 0 Å². The number of rotatable bonds is 2. The minimum absolute atomic E-state index is 0.0636. The van der Waals surface area contributed by atoms with Crippen molar-refractivity contribution in [3.05, 3.63) is 62.1 Å². The van der Waals surface area contributed by atoms with Crippen LogP contribution in [0.5, 0.6) is 5.75 Å². The van der Waals surface area contributed by atoms with Gasteiger partial charge in [-0.3, -0.25) is 4.79 Å². The Bertz CT molecular complexity index is 710. The Morgan fingerprint density at radius 1 is 1.30 bits per heavy atom. The van der Waals surface area contributed by atoms with E-state index in [1.807, 2.05) is 31.2 Å². The van der Waals surface area contributed by atoms with Gasteiger partial charge < -0.3 is 4.74 Å². The first-order chi connectivity index (χ1) is 9.56. The molecule has 0 saturated carbocycles. The number of fused-ring (bicyclic) bond motifs is 1. The van der Waals surface area contributed by atoms with Gasteiger partial charge in [0.05, 0.1) is 12.2 Å². The molecule has 1 aliphatic rings. The Morgan fingerprint density at radius 2 is 2.10 bits per heavy atom. The fourth-order valence-corrected chi connectivity index (χ4v) is 2.95. The van der Waals surface area contributed by atoms with E-state index in [0.717, 1.165) is 22.0 Å². The zero-order valence-electron chi connectivity index (χ0n) is 10.9. The molecule has 1 heterocycles. The molecule has 102 valence electrons. The van der Waals surface area contributed by atoms with Crippen molar-refractivity contribution in [1.82, 2.24) is 0 Å². The third-order valence-electron chi connectivity index (χ3n) is 3.43. The van der Waals surface area contributed by atoms with Crippen molar-refractivity contribution in [2.75, 3.05) is 6.61 Å². The van der Waals surface area contributed by atoms with E-state index in [9.17, 15) is 4.79 Å². The highest BCUT2D eigenvalue weighted by atomic mass is 79.9. The molecule has 0 saturated heterocycles. The smallest absolute Gasteiger partial charge is 0.196 e. The van der Waals surface area contributed by atoms with E-state index >= 15 is 0 Å². The van der Waals surface area contributed by atoms with Gasteiger partial charge >= 0.3 is 0 Å². The summed E-state index contributed by atoms with van der Waals surface area (Å²) in [4.78, 5) is 12.7. The van der Waals surface area contributed by atoms with Gasteiger partial charge in [0.1, 0.15) is 5.75 Å². The van der Waals surface area contributed by atoms with Crippen LogP contribution >= 0.6 is 27.5 Å². The van der Waals surface area contributed by atoms with Gasteiger partial charge in [0.2, 0.25) is 0 Å². The van der Waals surface area contributed by atoms with Crippen LogP contribution in [-0.4, -0.2) is 12.4 Å². The Balaban J connectivity index is 2.09. The van der Waals surface area contributed by atoms with Crippen LogP contribution in [0, 0.1) is 6.92 Å². The summed E-state index contributed by atoms with van der Waals surface area (Å²) in [5.74, 6) is 0.613. The SMILES string of the molecule is Cc1ccc(C(=O)c2cc(Cl)cc3c2OCC3)cc1Br. The number of halogens is 2. The minimum Gasteiger partial charge on any atom is -0.492 e. The predicted molar refractivity (Wildman–Crippen MR) is 83.0 cm³/mol. The maximum Gasteiger partial charge on any atom is 0.196 e. The van der Waals surface area contributed by atoms with E-state index in [-0.39, 0.29) is 5.78 Å². The summed E-state index contributed by atoms with van der Waals surface area (Å²) in [7, 11) is 0. The van der Waals surface area contributed by atoms with Crippen LogP contribution in [0.3, 0.4) is 0 Å². The lowest BCUT2D eigenvalue weighted by Crippen LogP contribution is -2.04. The molecule has 0 N–H and O–H groups in total. The molecule has 3 rings (SSSR count). The number of carbonyl (C=O) groups is 1. The molecule has 4 heteroatoms. The zero-order valence-corrected chi connectivity index (χ0v) is 13.2. The number of ether oxygens (including phenoxy) is 1. The molecule has 2 nitrogen and oxygen atoms in total. The van der Waals surface area contributed by atoms with Gasteiger partial charge in [-0.05, 0) is 36.2 Å². The predicted octanol–water partition coefficient (Wildman–Crippen LogP) is 4.58. The van der Waals surface area contributed by atoms with Crippen LogP contribution in [0.25, 0.3) is 0 Å². The van der Waals surface area contributed by atoms with Crippen molar-refractivity contribution < 1.29 is 9.53 Å². The highest BCUT2D eigenvalue weighted by molar-refractivity contribution is 9.10. The quantitative estimate of drug-likeness (QED) is 0.741. The second-order valence-corrected chi connectivity index (χ2v) is 6.12. The molecule has 0 aliphatic carbocycles. The van der Waals surface area contributed by atoms with Crippen LogP contribution in [-0.2, 0) is 6.42 Å². The third-order valence-corrected chi connectivity index (χ3v) is 4.50. The first-order valence-corrected chi connectivity index (χ1v) is 7.49. The van der Waals surface area contributed by atoms with Crippen LogP contribution in [0.1, 0.15) is 27.0 Å². The molecule has 1 aliphatic heterocycles. The summed E-state index contributed by atoms with van der Waals surface area (Å²) >= 11 is 9.55. The molecule has 0 unspecified atom stereocenters. The summed E-state index contributed by atoms with van der Waals surface area (Å²) in [5.41, 5.74) is 3.27. The monoisotopic (exact) mass is 350 g/mol. The fraction of sp³-hybridized carbons (Fsp3) is 0.188. The Hall–Kier alpha value is -1.32. The lowest BCUT2D eigenvalue weighted by molar-refractivity contribution is 0.103. The number of hydrogen-bond donors (Lipinski definition) is 0. The zero-order chi connectivity index (χ0) is 14.3. The van der Waals surface area contributed by atoms with E-state index in [1.54, 1.807) is 6.07 Å². The summed E-state index contributed by atoms with van der Waals surface area (Å²) < 4.78 is 6.51. The maximum absolute atomic E-state index is 12.7. The Morgan fingerprint density at radius 3 is 2.85 bits per heavy atom. The van der Waals surface area contributed by atoms with E-state index < -0.39 is 0 Å². The number of benzene rings is 2. The van der Waals surface area contributed by atoms with Gasteiger partial charge in [-0.25, -0.2) is 0 Å². The van der Waals surface area contributed by atoms with Crippen molar-refractivity contribution >= 4 is 33.3 Å². The van der Waals surface area contributed by atoms with Crippen molar-refractivity contribution in [3.63, 3.8) is 0 Å². The molecular weight excluding hydrogens is 340 g/mol. The highest BCUT2D eigenvalue weighted by Crippen LogP contribution is 2.34. The third kappa shape index (κ3) is 2.36. The van der Waals surface area contributed by atoms with E-state index in [0.29, 0.717) is 28.5 Å². The lowest BCUT2D eigenvalue weighted by atomic mass is 9.99. The van der Waals surface area contributed by atoms with Gasteiger partial charge in [-0.15, -0.1) is 0 Å². The average Bonchev–Trinajstić information content (AvgIpc) is 2.88. The van der Waals surface area contributed by atoms with Crippen molar-refractivity contribution in [2.24, 2.45) is 0 Å². The van der Waals surface area contributed by atoms with Gasteiger partial charge in [0, 0.05) is 21.5 Å². The van der Waals surface area contributed by atoms with Crippen LogP contribution < -0.4 is 4.74 Å². The first-order valence-electron chi connectivity index (χ1n) is 6.32. The Labute approximate surface area is 130 Å². The largest absolute Gasteiger partial charge is 0.492 e. The molecule has 2 aromatic carbocycles. The maximum atomic E-state index is 12.7. The van der Waals surface area contributed by atoms with Crippen molar-refractivity contribution in [1.29, 1.82) is 0 Å². The second kappa shape index (κ2) is 5.23. The molecule has 2 aromatic rings. The molecule has 0 fully saturated rings. The topological polar surface area (TPSA) is 26.3 Å². The second-order valence-electron chi connectivity index (χ2n) is 4.83. The molecule has 0 aromatic heterocycles. The molecule has 0 radical (unpaired) electrons. The first kappa shape index (κ1) is 13.7. The number of ketones is 1. The summed E-state index contributed by atoms with van der Waals surface area (Å²) in [6.07, 6.45) is 0.799. The number of carbonyl (C=O) groups excluding carboxylic acids is 1. The highest BCUT2D eigenvalue weighted by Gasteiger charge is 2.23. The molecule has 0 amide bonds. The minimum atomic E-state index is -0.0636. The summed E-state index contributed by atoms with van der Waals surface area (Å²) in [5, 5.41) is 0.573. The number of aryl methyl sites for hydroxylation is 1. The van der Waals surface area contributed by atoms with Gasteiger partial charge in [0.25, 0.3) is 0 Å². The standard InChI is InChI=1S/C16H12BrClO2/c1-9-2-3-10(7-14(9)17)15(19)13-8-12(18)6-11-4-5-20-16(11)13/h2-3,6-8H,4-5H2,1H3. The number of hydrogen-bond acceptors (Lipinski definition) is 2. The van der Waals surface area contributed by atoms with Crippen LogP contribution in [0.4, 0.5) is 0 Å². The van der Waals surface area contributed by atoms with E-state index in [4.69, 9.17) is 16.3 Å². The lowest BCUT2D eigenvalue weighted by Gasteiger charge is -2.09. The summed E-state index contributed by atoms with van der Waals surface area (Å²) in [6.45, 7) is 2.59. The molecule has 20 heavy (non-hydrogen) atoms. The van der Waals surface area contributed by atoms with Crippen molar-refractivity contribution in [3.8, 4) is 5.75 Å². The van der Waals surface area contributed by atoms with Gasteiger partial charge in [0.15, 0.2) is 5.78 Å². The molecule has 0 bridgehead atoms. The van der Waals surface area contributed by atoms with Crippen LogP contribution in [0.2, 0.25) is 5.02 Å². The average molecular weight is 352 g/mol. The van der Waals surface area contributed by atoms with Crippen LogP contribution in [0.15, 0.2) is 34.8 Å². The molecular formula is C16H12BrClO2. The fourth-order valence-electron chi connectivity index (χ4n) is 2.33. The molecule has 0 atom stereocenters.